The highest BCUT2D eigenvalue weighted by Crippen LogP contribution is 2.45. The van der Waals surface area contributed by atoms with Gasteiger partial charge in [0.2, 0.25) is 5.92 Å². The molecule has 32 nitrogen and oxygen atoms in total. The number of carbonyl (C=O) groups is 8. The first kappa shape index (κ1) is 116. The van der Waals surface area contributed by atoms with Crippen LogP contribution in [0.3, 0.4) is 0 Å². The van der Waals surface area contributed by atoms with Crippen LogP contribution in [0.2, 0.25) is 0 Å². The average molecular weight is 2170 g/mol. The van der Waals surface area contributed by atoms with Crippen molar-refractivity contribution in [3.63, 3.8) is 0 Å². The zero-order valence-electron chi connectivity index (χ0n) is 87.4. The number of aliphatic hydroxyl groups is 4. The van der Waals surface area contributed by atoms with Crippen LogP contribution in [0.5, 0.6) is 0 Å². The van der Waals surface area contributed by atoms with Gasteiger partial charge in [0.25, 0.3) is 47.3 Å². The van der Waals surface area contributed by atoms with Crippen molar-refractivity contribution in [2.75, 3.05) is 93.3 Å². The molecule has 8 aliphatic rings. The van der Waals surface area contributed by atoms with Gasteiger partial charge in [0.05, 0.1) is 47.5 Å². The molecule has 4 saturated carbocycles. The number of aromatic nitrogens is 8. The van der Waals surface area contributed by atoms with E-state index < -0.39 is 112 Å². The fourth-order valence-electron chi connectivity index (χ4n) is 19.0. The Balaban J connectivity index is 0.000000167. The average Bonchev–Trinajstić information content (AvgIpc) is 1.54. The third-order valence-electron chi connectivity index (χ3n) is 27.6. The van der Waals surface area contributed by atoms with Crippen molar-refractivity contribution in [1.29, 1.82) is 0 Å². The van der Waals surface area contributed by atoms with Crippen molar-refractivity contribution in [3.05, 3.63) is 114 Å². The summed E-state index contributed by atoms with van der Waals surface area (Å²) in [6.45, 7) is 24.1. The monoisotopic (exact) mass is 2170 g/mol. The normalized spacial score (nSPS) is 20.0. The lowest BCUT2D eigenvalue weighted by atomic mass is 9.85. The predicted molar refractivity (Wildman–Crippen MR) is 562 cm³/mol. The van der Waals surface area contributed by atoms with E-state index in [0.29, 0.717) is 100 Å². The number of hydrogen-bond acceptors (Lipinski definition) is 28. The number of carbonyl (C=O) groups excluding carboxylic acids is 8. The summed E-state index contributed by atoms with van der Waals surface area (Å²) in [5.41, 5.74) is -1.65. The van der Waals surface area contributed by atoms with Gasteiger partial charge < -0.3 is 82.6 Å². The third-order valence-corrected chi connectivity index (χ3v) is 31.9. The van der Waals surface area contributed by atoms with E-state index in [1.165, 1.54) is 68.6 Å². The Bertz CT molecular complexity index is 6030. The van der Waals surface area contributed by atoms with Gasteiger partial charge in [-0.2, -0.15) is 13.2 Å². The van der Waals surface area contributed by atoms with Gasteiger partial charge in [0.1, 0.15) is 70.2 Å². The first-order valence-corrected chi connectivity index (χ1v) is 55.1. The Morgan fingerprint density at radius 1 is 0.387 bits per heavy atom. The van der Waals surface area contributed by atoms with Crippen LogP contribution in [0.4, 0.5) is 62.8 Å². The minimum atomic E-state index is -4.92. The second-order valence-corrected chi connectivity index (χ2v) is 47.5. The van der Waals surface area contributed by atoms with E-state index in [4.69, 9.17) is 0 Å². The maximum absolute atomic E-state index is 14.2. The van der Waals surface area contributed by atoms with Crippen LogP contribution < -0.4 is 42.5 Å². The zero-order valence-corrected chi connectivity index (χ0v) is 90.6. The molecule has 0 aromatic carbocycles. The van der Waals surface area contributed by atoms with Crippen molar-refractivity contribution in [2.45, 2.75) is 346 Å². The molecule has 150 heavy (non-hydrogen) atoms. The van der Waals surface area contributed by atoms with Crippen LogP contribution in [0.25, 0.3) is 41.8 Å². The van der Waals surface area contributed by atoms with Gasteiger partial charge in [-0.25, -0.2) is 66.2 Å². The van der Waals surface area contributed by atoms with Crippen LogP contribution in [0.1, 0.15) is 340 Å². The summed E-state index contributed by atoms with van der Waals surface area (Å²) in [7, 11) is 0. The van der Waals surface area contributed by atoms with Crippen LogP contribution in [-0.2, 0) is 6.18 Å². The Morgan fingerprint density at radius 3 is 1.02 bits per heavy atom. The molecule has 8 amide bonds. The molecule has 8 aromatic heterocycles. The summed E-state index contributed by atoms with van der Waals surface area (Å²) in [6, 6.07) is 6.86. The number of nitrogens with one attached hydrogen (secondary N) is 8. The topological polar surface area (TPSA) is 430 Å². The third kappa shape index (κ3) is 32.7. The van der Waals surface area contributed by atoms with Crippen LogP contribution >= 0.6 is 45.3 Å². The highest BCUT2D eigenvalue weighted by molar-refractivity contribution is 7.18. The molecule has 0 bridgehead atoms. The van der Waals surface area contributed by atoms with E-state index in [2.05, 4.69) is 82.4 Å². The molecule has 4 aliphatic heterocycles. The molecule has 0 radical (unpaired) electrons. The molecule has 45 heteroatoms. The lowest BCUT2D eigenvalue weighted by Crippen LogP contribution is -2.39. The van der Waals surface area contributed by atoms with E-state index in [9.17, 15) is 98.3 Å². The van der Waals surface area contributed by atoms with Crippen molar-refractivity contribution >= 4 is 116 Å². The summed E-state index contributed by atoms with van der Waals surface area (Å²) in [5.74, 6) is -4.86. The lowest BCUT2D eigenvalue weighted by Gasteiger charge is -2.31. The van der Waals surface area contributed by atoms with Crippen molar-refractivity contribution in [3.8, 4) is 41.8 Å². The number of pyridine rings is 4. The first-order valence-electron chi connectivity index (χ1n) is 51.8. The number of anilines is 4. The van der Waals surface area contributed by atoms with E-state index >= 15 is 0 Å². The molecule has 0 spiro atoms. The number of halogens is 9. The summed E-state index contributed by atoms with van der Waals surface area (Å²) in [5, 5.41) is 63.6. The number of hydrogen-bond donors (Lipinski definition) is 12. The fraction of sp³-hybridized carbons (Fsp3) is 0.619. The largest absolute Gasteiger partial charge is 0.419 e. The molecule has 4 aliphatic carbocycles. The van der Waals surface area contributed by atoms with Crippen LogP contribution in [-0.4, -0.2) is 282 Å². The number of piperidine rings is 3. The van der Waals surface area contributed by atoms with Crippen LogP contribution in [0, 0.1) is 20.8 Å². The van der Waals surface area contributed by atoms with Crippen molar-refractivity contribution in [1.82, 2.24) is 80.7 Å². The van der Waals surface area contributed by atoms with Gasteiger partial charge >= 0.3 is 6.18 Å². The van der Waals surface area contributed by atoms with Gasteiger partial charge in [-0.1, -0.05) is 38.5 Å². The Kier molecular flexibility index (Phi) is 38.8. The molecule has 12 N–H and O–H groups in total. The van der Waals surface area contributed by atoms with Gasteiger partial charge in [-0.15, -0.1) is 45.3 Å². The van der Waals surface area contributed by atoms with E-state index in [1.54, 1.807) is 76.9 Å². The van der Waals surface area contributed by atoms with Crippen LogP contribution in [0.15, 0.2) is 49.1 Å². The molecule has 12 heterocycles. The number of nitrogens with zero attached hydrogens (tertiary/aromatic N) is 12. The Labute approximate surface area is 884 Å². The summed E-state index contributed by atoms with van der Waals surface area (Å²) in [4.78, 5) is 148. The maximum Gasteiger partial charge on any atom is 0.419 e. The minimum Gasteiger partial charge on any atom is -0.389 e. The molecule has 820 valence electrons. The van der Waals surface area contributed by atoms with E-state index in [0.717, 1.165) is 126 Å². The van der Waals surface area contributed by atoms with Gasteiger partial charge in [-0.3, -0.25) is 38.4 Å². The van der Waals surface area contributed by atoms with Gasteiger partial charge in [0, 0.05) is 162 Å². The SMILES string of the molecule is CC(C)(O)CNC(=O)c1nc(C(=O)N2CCC(F)CC2)c(-c2cnc(NC3CCCC(F)(F)C3)c(C(F)(F)F)c2)s1.Cc1cc(NC2CCC(C)(F)CC2)ncc1-c1sc(C(=O)NCC(C)(C)O)nc1C(=O)N1CCC(F)CC1.Cc1cc(NC2CCCCC2)ncc1-c1sc(C(=O)NCC(C)(C)O)nc1C(=O)N1CCC(F)CC1.Cc1cc(NC2CCCCC2)ncc1-c1sc(C(=O)NCC(C)(C)O)nc1C(=O)N1CCC[C@@H]1C. The summed E-state index contributed by atoms with van der Waals surface area (Å²) >= 11 is 4.10. The number of thiazole rings is 4. The van der Waals surface area contributed by atoms with Crippen molar-refractivity contribution < 1.29 is 98.3 Å². The van der Waals surface area contributed by atoms with Gasteiger partial charge in [0.15, 0.2) is 20.0 Å². The van der Waals surface area contributed by atoms with Crippen molar-refractivity contribution in [2.24, 2.45) is 0 Å². The number of aryl methyl sites for hydroxylation is 3. The number of alkyl halides is 9. The minimum absolute atomic E-state index is 0.0255. The van der Waals surface area contributed by atoms with E-state index in [-0.39, 0.29) is 175 Å². The maximum atomic E-state index is 14.2. The summed E-state index contributed by atoms with van der Waals surface area (Å²) < 4.78 is 125. The smallest absolute Gasteiger partial charge is 0.389 e. The molecular formula is C105H141F9N20O12S4. The number of rotatable bonds is 28. The molecular weight excluding hydrogens is 2030 g/mol. The molecule has 4 saturated heterocycles. The standard InChI is InChI=1S/C27H37F2N5O3S.C26H31F6N5O3S.C26H36FN5O3S.C26H37N5O3S/c1-16-13-20(32-18-5-9-27(4,29)10-6-18)30-14-19(16)22-21(25(36)34-11-7-17(28)8-12-34)33-24(38-22)23(35)31-15-26(2,3)37;1-24(2,40)13-34-21(38)22-36-18(23(39)37-8-5-15(27)6-9-37)19(41-22)14-10-17(26(30,31)32)20(33-12-14)35-16-4-3-7-25(28,29)11-16;1-16-13-20(30-18-7-5-4-6-8-18)28-14-19(16)22-21(25(34)32-11-9-17(27)10-12-32)31-24(36-22)23(33)29-15-26(2,3)35;1-16-13-20(29-18-10-6-5-7-11-18)27-14-19(16)22-21(25(33)31-12-8-9-17(31)2)30-24(35-22)23(32)28-15-26(3,4)34/h13-14,17-18,37H,5-12,15H2,1-4H3,(H,30,32)(H,31,35);10,12,15-16,40H,3-9,11,13H2,1-2H3,(H,33,35)(H,34,38);13-14,17-18,35H,4-12,15H2,1-3H3,(H,28,30)(H,29,33);13-14,17-18,34H,5-12,15H2,1-4H3,(H,27,29)(H,28,32)/t;;;17-/m...0/s1. The highest BCUT2D eigenvalue weighted by atomic mass is 32.1. The fourth-order valence-corrected chi connectivity index (χ4v) is 23.1. The molecule has 8 aromatic rings. The summed E-state index contributed by atoms with van der Waals surface area (Å²) in [6.07, 6.45) is 15.7. The lowest BCUT2D eigenvalue weighted by molar-refractivity contribution is -0.137. The molecule has 2 atom stereocenters. The molecule has 1 unspecified atom stereocenters. The second kappa shape index (κ2) is 50.0. The first-order chi connectivity index (χ1) is 70.6. The zero-order chi connectivity index (χ0) is 109. The Hall–Kier alpha value is -10.7. The molecule has 8 fully saturated rings. The number of amides is 8. The second-order valence-electron chi connectivity index (χ2n) is 43.5. The van der Waals surface area contributed by atoms with E-state index in [1.807, 2.05) is 50.8 Å². The van der Waals surface area contributed by atoms with Gasteiger partial charge in [-0.05, 0) is 247 Å². The predicted octanol–water partition coefficient (Wildman–Crippen LogP) is 18.7. The number of likely N-dealkylation sites (tertiary alicyclic amines) is 4. The molecule has 16 rings (SSSR count). The Morgan fingerprint density at radius 2 is 0.707 bits per heavy atom. The highest BCUT2D eigenvalue weighted by Gasteiger charge is 2.43. The quantitative estimate of drug-likeness (QED) is 0.0203.